The minimum absolute atomic E-state index is 0.0715. The van der Waals surface area contributed by atoms with E-state index in [0.29, 0.717) is 5.69 Å². The lowest BCUT2D eigenvalue weighted by atomic mass is 10.2. The van der Waals surface area contributed by atoms with Crippen LogP contribution >= 0.6 is 0 Å². The fraction of sp³-hybridized carbons (Fsp3) is 0.143. The quantitative estimate of drug-likeness (QED) is 0.820. The molecule has 0 saturated heterocycles. The number of aliphatic hydroxyl groups is 1. The Morgan fingerprint density at radius 1 is 1.50 bits per heavy atom. The van der Waals surface area contributed by atoms with Gasteiger partial charge in [-0.05, 0) is 24.3 Å². The van der Waals surface area contributed by atoms with Gasteiger partial charge in [-0.25, -0.2) is 4.39 Å². The van der Waals surface area contributed by atoms with E-state index >= 15 is 0 Å². The molecular weight excluding hydrogens is 261 g/mol. The molecule has 20 heavy (non-hydrogen) atoms. The molecule has 0 fully saturated rings. The van der Waals surface area contributed by atoms with E-state index in [2.05, 4.69) is 22.3 Å². The first kappa shape index (κ1) is 13.8. The summed E-state index contributed by atoms with van der Waals surface area (Å²) in [5.41, 5.74) is 0.557. The number of nitrogens with one attached hydrogen (secondary N) is 1. The molecule has 0 unspecified atom stereocenters. The molecule has 5 nitrogen and oxygen atoms in total. The van der Waals surface area contributed by atoms with Crippen LogP contribution < -0.4 is 5.32 Å². The molecular formula is C14H12FN3O2. The Labute approximate surface area is 115 Å². The lowest BCUT2D eigenvalue weighted by Gasteiger charge is -2.06. The van der Waals surface area contributed by atoms with Gasteiger partial charge in [-0.3, -0.25) is 9.48 Å². The van der Waals surface area contributed by atoms with Crippen molar-refractivity contribution in [3.05, 3.63) is 48.0 Å². The van der Waals surface area contributed by atoms with Gasteiger partial charge in [0, 0.05) is 18.1 Å². The van der Waals surface area contributed by atoms with Gasteiger partial charge in [-0.2, -0.15) is 5.10 Å². The van der Waals surface area contributed by atoms with Gasteiger partial charge in [0.15, 0.2) is 0 Å². The molecule has 2 aromatic rings. The Hall–Kier alpha value is -2.65. The van der Waals surface area contributed by atoms with Crippen molar-refractivity contribution in [3.63, 3.8) is 0 Å². The van der Waals surface area contributed by atoms with Crippen molar-refractivity contribution in [2.75, 3.05) is 11.9 Å². The number of carbonyl (C=O) groups is 1. The summed E-state index contributed by atoms with van der Waals surface area (Å²) >= 11 is 0. The number of halogens is 1. The molecule has 0 radical (unpaired) electrons. The van der Waals surface area contributed by atoms with Crippen LogP contribution in [0.2, 0.25) is 0 Å². The first-order valence-corrected chi connectivity index (χ1v) is 5.85. The maximum absolute atomic E-state index is 13.4. The van der Waals surface area contributed by atoms with Crippen LogP contribution in [0.1, 0.15) is 5.56 Å². The molecule has 0 saturated carbocycles. The maximum Gasteiger partial charge on any atom is 0.246 e. The zero-order valence-corrected chi connectivity index (χ0v) is 10.5. The van der Waals surface area contributed by atoms with Gasteiger partial charge in [0.2, 0.25) is 5.91 Å². The number of benzene rings is 1. The molecule has 2 rings (SSSR count). The number of hydrogen-bond donors (Lipinski definition) is 2. The number of nitrogens with zero attached hydrogens (tertiary/aromatic N) is 2. The smallest absolute Gasteiger partial charge is 0.246 e. The van der Waals surface area contributed by atoms with Crippen molar-refractivity contribution in [3.8, 4) is 11.8 Å². The first-order chi connectivity index (χ1) is 9.69. The van der Waals surface area contributed by atoms with Crippen molar-refractivity contribution < 1.29 is 14.3 Å². The predicted molar refractivity (Wildman–Crippen MR) is 71.2 cm³/mol. The van der Waals surface area contributed by atoms with Crippen LogP contribution in [0.15, 0.2) is 36.7 Å². The Morgan fingerprint density at radius 2 is 2.35 bits per heavy atom. The second kappa shape index (κ2) is 6.50. The highest BCUT2D eigenvalue weighted by atomic mass is 19.1. The Morgan fingerprint density at radius 3 is 3.05 bits per heavy atom. The number of amides is 1. The molecule has 0 aliphatic rings. The van der Waals surface area contributed by atoms with Gasteiger partial charge < -0.3 is 10.4 Å². The summed E-state index contributed by atoms with van der Waals surface area (Å²) in [5.74, 6) is 4.06. The third kappa shape index (κ3) is 3.67. The van der Waals surface area contributed by atoms with E-state index in [1.807, 2.05) is 0 Å². The van der Waals surface area contributed by atoms with Crippen LogP contribution in [0.5, 0.6) is 0 Å². The first-order valence-electron chi connectivity index (χ1n) is 5.85. The Balaban J connectivity index is 2.07. The second-order valence-corrected chi connectivity index (χ2v) is 3.91. The standard InChI is InChI=1S/C14H12FN3O2/c15-13-5-4-12(9-11(13)3-1-8-19)17-14(20)10-18-7-2-6-16-18/h2,4-7,9,19H,8,10H2,(H,17,20). The van der Waals surface area contributed by atoms with Crippen molar-refractivity contribution in [1.82, 2.24) is 9.78 Å². The minimum atomic E-state index is -0.504. The van der Waals surface area contributed by atoms with Crippen molar-refractivity contribution in [2.24, 2.45) is 0 Å². The molecule has 2 N–H and O–H groups in total. The van der Waals surface area contributed by atoms with Crippen molar-refractivity contribution in [2.45, 2.75) is 6.54 Å². The van der Waals surface area contributed by atoms with E-state index < -0.39 is 5.82 Å². The van der Waals surface area contributed by atoms with E-state index in [0.717, 1.165) is 0 Å². The van der Waals surface area contributed by atoms with Crippen molar-refractivity contribution >= 4 is 11.6 Å². The zero-order chi connectivity index (χ0) is 14.4. The Kier molecular flexibility index (Phi) is 4.47. The van der Waals surface area contributed by atoms with E-state index in [9.17, 15) is 9.18 Å². The lowest BCUT2D eigenvalue weighted by Crippen LogP contribution is -2.19. The number of hydrogen-bond acceptors (Lipinski definition) is 3. The van der Waals surface area contributed by atoms with Crippen LogP contribution in [0.3, 0.4) is 0 Å². The van der Waals surface area contributed by atoms with Crippen LogP contribution in [0.25, 0.3) is 0 Å². The van der Waals surface area contributed by atoms with Gasteiger partial charge in [0.25, 0.3) is 0 Å². The molecule has 0 aliphatic carbocycles. The molecule has 102 valence electrons. The summed E-state index contributed by atoms with van der Waals surface area (Å²) in [6.45, 7) is -0.280. The second-order valence-electron chi connectivity index (χ2n) is 3.91. The molecule has 1 aromatic carbocycles. The summed E-state index contributed by atoms with van der Waals surface area (Å²) in [6.07, 6.45) is 3.25. The van der Waals surface area contributed by atoms with Crippen LogP contribution in [-0.4, -0.2) is 27.4 Å². The molecule has 1 aromatic heterocycles. The number of aromatic nitrogens is 2. The van der Waals surface area contributed by atoms with Gasteiger partial charge in [0.05, 0.1) is 5.56 Å². The lowest BCUT2D eigenvalue weighted by molar-refractivity contribution is -0.116. The van der Waals surface area contributed by atoms with Gasteiger partial charge >= 0.3 is 0 Å². The summed E-state index contributed by atoms with van der Waals surface area (Å²) in [5, 5.41) is 15.1. The fourth-order valence-electron chi connectivity index (χ4n) is 1.58. The normalized spacial score (nSPS) is 9.70. The van der Waals surface area contributed by atoms with Gasteiger partial charge in [-0.15, -0.1) is 0 Å². The summed E-state index contributed by atoms with van der Waals surface area (Å²) in [4.78, 5) is 11.7. The highest BCUT2D eigenvalue weighted by molar-refractivity contribution is 5.90. The number of anilines is 1. The maximum atomic E-state index is 13.4. The minimum Gasteiger partial charge on any atom is -0.384 e. The highest BCUT2D eigenvalue weighted by Gasteiger charge is 2.06. The van der Waals surface area contributed by atoms with Crippen LogP contribution in [0.4, 0.5) is 10.1 Å². The summed E-state index contributed by atoms with van der Waals surface area (Å²) in [6, 6.07) is 5.79. The fourth-order valence-corrected chi connectivity index (χ4v) is 1.58. The zero-order valence-electron chi connectivity index (χ0n) is 10.5. The van der Waals surface area contributed by atoms with E-state index in [-0.39, 0.29) is 24.6 Å². The van der Waals surface area contributed by atoms with Crippen LogP contribution in [0, 0.1) is 17.7 Å². The van der Waals surface area contributed by atoms with Gasteiger partial charge in [0.1, 0.15) is 19.0 Å². The number of carbonyl (C=O) groups excluding carboxylic acids is 1. The molecule has 0 bridgehead atoms. The molecule has 0 spiro atoms. The van der Waals surface area contributed by atoms with E-state index in [4.69, 9.17) is 5.11 Å². The monoisotopic (exact) mass is 273 g/mol. The van der Waals surface area contributed by atoms with Gasteiger partial charge in [-0.1, -0.05) is 11.8 Å². The summed E-state index contributed by atoms with van der Waals surface area (Å²) < 4.78 is 14.9. The molecule has 6 heteroatoms. The third-order valence-electron chi connectivity index (χ3n) is 2.42. The molecule has 0 atom stereocenters. The summed E-state index contributed by atoms with van der Waals surface area (Å²) in [7, 11) is 0. The topological polar surface area (TPSA) is 67.2 Å². The highest BCUT2D eigenvalue weighted by Crippen LogP contribution is 2.14. The number of aliphatic hydroxyl groups excluding tert-OH is 1. The van der Waals surface area contributed by atoms with E-state index in [1.165, 1.54) is 22.9 Å². The largest absolute Gasteiger partial charge is 0.384 e. The molecule has 1 heterocycles. The Bertz CT molecular complexity index is 657. The average Bonchev–Trinajstić information content (AvgIpc) is 2.92. The van der Waals surface area contributed by atoms with Crippen LogP contribution in [-0.2, 0) is 11.3 Å². The predicted octanol–water partition coefficient (Wildman–Crippen LogP) is 1.00. The molecule has 0 aliphatic heterocycles. The van der Waals surface area contributed by atoms with E-state index in [1.54, 1.807) is 18.5 Å². The number of rotatable bonds is 3. The SMILES string of the molecule is O=C(Cn1cccn1)Nc1ccc(F)c(C#CCO)c1. The molecule has 1 amide bonds. The van der Waals surface area contributed by atoms with Crippen molar-refractivity contribution in [1.29, 1.82) is 0 Å². The third-order valence-corrected chi connectivity index (χ3v) is 2.42. The average molecular weight is 273 g/mol.